The minimum Gasteiger partial charge on any atom is -0.454 e. The zero-order valence-corrected chi connectivity index (χ0v) is 25.2. The standard InChI is InChI=1S/C26H32BrN7O5S/c1-14(31-25(36)39-26(2,3)4)23(35)33-7-5-6-15(10-33)11-34-22-20(21(28)29-12-30-22)32-24(34)40-19-9-18-17(8-16(19)27)37-13-38-18/h8-9,12,14-15H,5-7,10-11,13H2,1-4H3,(H3,28,29,30,31,36)/p+1/t14-,15?/m0/s1. The molecule has 5 rings (SSSR count). The van der Waals surface area contributed by atoms with Crippen molar-refractivity contribution in [2.45, 2.75) is 68.8 Å². The topological polar surface area (TPSA) is 149 Å². The number of nitrogen functional groups attached to an aromatic ring is 1. The van der Waals surface area contributed by atoms with Crippen LogP contribution >= 0.6 is 27.7 Å². The third-order valence-corrected chi connectivity index (χ3v) is 8.59. The molecule has 0 radical (unpaired) electrons. The lowest BCUT2D eigenvalue weighted by molar-refractivity contribution is -0.716. The maximum Gasteiger partial charge on any atom is 0.408 e. The van der Waals surface area contributed by atoms with E-state index in [2.05, 4.69) is 40.8 Å². The van der Waals surface area contributed by atoms with Crippen LogP contribution in [0.4, 0.5) is 10.6 Å². The molecule has 14 heteroatoms. The SMILES string of the molecule is C[C@H](NC(=O)OC(C)(C)C)C(=O)N1CCCC(C[n+]2c(Sc3cc4c(cc3Br)OCO4)[nH]c3c(N)ncnc32)C1. The van der Waals surface area contributed by atoms with E-state index in [0.29, 0.717) is 48.1 Å². The van der Waals surface area contributed by atoms with Gasteiger partial charge in [0.2, 0.25) is 18.2 Å². The summed E-state index contributed by atoms with van der Waals surface area (Å²) in [4.78, 5) is 40.2. The molecule has 4 N–H and O–H groups in total. The van der Waals surface area contributed by atoms with Gasteiger partial charge in [0, 0.05) is 28.4 Å². The first kappa shape index (κ1) is 28.3. The smallest absolute Gasteiger partial charge is 0.408 e. The molecule has 2 atom stereocenters. The van der Waals surface area contributed by atoms with Gasteiger partial charge < -0.3 is 30.2 Å². The molecule has 0 spiro atoms. The average molecular weight is 636 g/mol. The molecule has 1 unspecified atom stereocenters. The van der Waals surface area contributed by atoms with Gasteiger partial charge in [0.15, 0.2) is 23.6 Å². The summed E-state index contributed by atoms with van der Waals surface area (Å²) >= 11 is 5.16. The Bertz CT molecular complexity index is 1440. The minimum absolute atomic E-state index is 0.134. The minimum atomic E-state index is -0.698. The van der Waals surface area contributed by atoms with Crippen molar-refractivity contribution in [3.63, 3.8) is 0 Å². The lowest BCUT2D eigenvalue weighted by Crippen LogP contribution is -2.52. The van der Waals surface area contributed by atoms with Gasteiger partial charge >= 0.3 is 11.7 Å². The Kier molecular flexibility index (Phi) is 8.00. The number of anilines is 1. The van der Waals surface area contributed by atoms with Gasteiger partial charge in [0.1, 0.15) is 11.6 Å². The Morgan fingerprint density at radius 2 is 2.08 bits per heavy atom. The van der Waals surface area contributed by atoms with Crippen LogP contribution in [0, 0.1) is 5.92 Å². The van der Waals surface area contributed by atoms with Gasteiger partial charge in [0.25, 0.3) is 5.16 Å². The molecular weight excluding hydrogens is 602 g/mol. The predicted octanol–water partition coefficient (Wildman–Crippen LogP) is 3.62. The van der Waals surface area contributed by atoms with Crippen LogP contribution in [-0.2, 0) is 16.1 Å². The second-order valence-electron chi connectivity index (χ2n) is 10.9. The molecule has 0 saturated carbocycles. The molecule has 2 aliphatic heterocycles. The number of H-pyrrole nitrogens is 1. The van der Waals surface area contributed by atoms with Crippen molar-refractivity contribution in [2.24, 2.45) is 5.92 Å². The Morgan fingerprint density at radius 3 is 2.83 bits per heavy atom. The quantitative estimate of drug-likeness (QED) is 0.346. The summed E-state index contributed by atoms with van der Waals surface area (Å²) in [6, 6.07) is 3.13. The lowest BCUT2D eigenvalue weighted by Gasteiger charge is -2.34. The lowest BCUT2D eigenvalue weighted by atomic mass is 9.97. The normalized spacial score (nSPS) is 17.6. The number of fused-ring (bicyclic) bond motifs is 2. The Hall–Kier alpha value is -3.26. The molecular formula is C26H33BrN7O5S+. The molecule has 40 heavy (non-hydrogen) atoms. The van der Waals surface area contributed by atoms with Gasteiger partial charge in [0.05, 0.1) is 6.54 Å². The number of hydrogen-bond acceptors (Lipinski definition) is 9. The largest absolute Gasteiger partial charge is 0.454 e. The van der Waals surface area contributed by atoms with E-state index in [1.807, 2.05) is 17.0 Å². The number of imidazole rings is 1. The number of carbonyl (C=O) groups excluding carboxylic acids is 2. The van der Waals surface area contributed by atoms with Crippen molar-refractivity contribution in [1.29, 1.82) is 0 Å². The molecule has 1 fully saturated rings. The van der Waals surface area contributed by atoms with Crippen LogP contribution in [0.2, 0.25) is 0 Å². The van der Waals surface area contributed by atoms with Crippen LogP contribution in [0.1, 0.15) is 40.5 Å². The number of carbonyl (C=O) groups is 2. The summed E-state index contributed by atoms with van der Waals surface area (Å²) in [7, 11) is 0. The van der Waals surface area contributed by atoms with Crippen LogP contribution in [0.25, 0.3) is 11.2 Å². The molecule has 12 nitrogen and oxygen atoms in total. The summed E-state index contributed by atoms with van der Waals surface area (Å²) in [5.74, 6) is 1.76. The first-order valence-corrected chi connectivity index (χ1v) is 14.7. The van der Waals surface area contributed by atoms with Crippen molar-refractivity contribution < 1.29 is 28.4 Å². The van der Waals surface area contributed by atoms with Crippen molar-refractivity contribution >= 4 is 56.7 Å². The zero-order valence-electron chi connectivity index (χ0n) is 22.8. The van der Waals surface area contributed by atoms with Crippen molar-refractivity contribution in [1.82, 2.24) is 25.2 Å². The number of halogens is 1. The summed E-state index contributed by atoms with van der Waals surface area (Å²) in [6.45, 7) is 9.02. The third kappa shape index (κ3) is 6.22. The number of alkyl carbamates (subject to hydrolysis) is 1. The second-order valence-corrected chi connectivity index (χ2v) is 12.8. The number of nitrogens with two attached hydrogens (primary N) is 1. The number of hydrogen-bond donors (Lipinski definition) is 3. The Labute approximate surface area is 244 Å². The van der Waals surface area contributed by atoms with Gasteiger partial charge in [-0.05, 0) is 80.4 Å². The number of aromatic nitrogens is 4. The van der Waals surface area contributed by atoms with Crippen LogP contribution < -0.4 is 25.1 Å². The van der Waals surface area contributed by atoms with E-state index in [1.54, 1.807) is 27.7 Å². The van der Waals surface area contributed by atoms with Gasteiger partial charge in [-0.3, -0.25) is 9.78 Å². The van der Waals surface area contributed by atoms with E-state index < -0.39 is 17.7 Å². The highest BCUT2D eigenvalue weighted by Crippen LogP contribution is 2.42. The van der Waals surface area contributed by atoms with E-state index in [-0.39, 0.29) is 18.6 Å². The number of ether oxygens (including phenoxy) is 3. The van der Waals surface area contributed by atoms with E-state index in [9.17, 15) is 9.59 Å². The van der Waals surface area contributed by atoms with Crippen molar-refractivity contribution in [2.75, 3.05) is 25.6 Å². The van der Waals surface area contributed by atoms with Crippen molar-refractivity contribution in [3.05, 3.63) is 22.9 Å². The van der Waals surface area contributed by atoms with Crippen LogP contribution in [0.15, 0.2) is 33.0 Å². The number of aromatic amines is 1. The number of nitrogens with one attached hydrogen (secondary N) is 2. The number of nitrogens with zero attached hydrogens (tertiary/aromatic N) is 4. The summed E-state index contributed by atoms with van der Waals surface area (Å²) < 4.78 is 19.3. The zero-order chi connectivity index (χ0) is 28.6. The number of piperidine rings is 1. The predicted molar refractivity (Wildman–Crippen MR) is 151 cm³/mol. The Balaban J connectivity index is 1.34. The molecule has 3 aromatic rings. The molecule has 2 amide bonds. The molecule has 214 valence electrons. The fourth-order valence-corrected chi connectivity index (χ4v) is 6.33. The van der Waals surface area contributed by atoms with E-state index in [0.717, 1.165) is 27.4 Å². The number of rotatable bonds is 6. The van der Waals surface area contributed by atoms with E-state index in [4.69, 9.17) is 19.9 Å². The third-order valence-electron chi connectivity index (χ3n) is 6.60. The summed E-state index contributed by atoms with van der Waals surface area (Å²) in [5, 5.41) is 3.49. The monoisotopic (exact) mass is 634 g/mol. The summed E-state index contributed by atoms with van der Waals surface area (Å²) in [5.41, 5.74) is 6.90. The number of likely N-dealkylation sites (tertiary alicyclic amines) is 1. The molecule has 0 bridgehead atoms. The van der Waals surface area contributed by atoms with E-state index >= 15 is 0 Å². The summed E-state index contributed by atoms with van der Waals surface area (Å²) in [6.07, 6.45) is 2.64. The molecule has 1 aromatic carbocycles. The fourth-order valence-electron chi connectivity index (χ4n) is 4.81. The van der Waals surface area contributed by atoms with Gasteiger partial charge in [-0.1, -0.05) is 4.98 Å². The highest BCUT2D eigenvalue weighted by molar-refractivity contribution is 9.10. The average Bonchev–Trinajstić information content (AvgIpc) is 3.47. The van der Waals surface area contributed by atoms with Gasteiger partial charge in [-0.25, -0.2) is 9.36 Å². The molecule has 1 saturated heterocycles. The molecule has 0 aliphatic carbocycles. The molecule has 2 aromatic heterocycles. The number of amides is 2. The Morgan fingerprint density at radius 1 is 1.32 bits per heavy atom. The van der Waals surface area contributed by atoms with Crippen LogP contribution in [0.5, 0.6) is 11.5 Å². The van der Waals surface area contributed by atoms with Crippen molar-refractivity contribution in [3.8, 4) is 11.5 Å². The van der Waals surface area contributed by atoms with E-state index in [1.165, 1.54) is 18.1 Å². The fraction of sp³-hybridized carbons (Fsp3) is 0.500. The number of benzene rings is 1. The maximum absolute atomic E-state index is 13.2. The second kappa shape index (κ2) is 11.3. The van der Waals surface area contributed by atoms with Crippen LogP contribution in [-0.4, -0.2) is 63.4 Å². The van der Waals surface area contributed by atoms with Crippen LogP contribution in [0.3, 0.4) is 0 Å². The first-order valence-electron chi connectivity index (χ1n) is 13.1. The molecule has 2 aliphatic rings. The first-order chi connectivity index (χ1) is 19.0. The highest BCUT2D eigenvalue weighted by Gasteiger charge is 2.32. The highest BCUT2D eigenvalue weighted by atomic mass is 79.9. The van der Waals surface area contributed by atoms with Gasteiger partial charge in [-0.15, -0.1) is 0 Å². The maximum atomic E-state index is 13.2. The van der Waals surface area contributed by atoms with Gasteiger partial charge in [-0.2, -0.15) is 4.98 Å². The molecule has 4 heterocycles.